The van der Waals surface area contributed by atoms with Crippen LogP contribution < -0.4 is 0 Å². The van der Waals surface area contributed by atoms with Crippen molar-refractivity contribution in [3.63, 3.8) is 0 Å². The zero-order valence-corrected chi connectivity index (χ0v) is 38.6. The summed E-state index contributed by atoms with van der Waals surface area (Å²) in [6.45, 7) is 16.4. The molecule has 0 aromatic heterocycles. The third-order valence-corrected chi connectivity index (χ3v) is 9.53. The Balaban J connectivity index is 3.18. The van der Waals surface area contributed by atoms with Gasteiger partial charge in [-0.15, -0.1) is 0 Å². The average molecular weight is 867 g/mol. The molecule has 0 radical (unpaired) electrons. The highest BCUT2D eigenvalue weighted by Gasteiger charge is 2.17. The largest absolute Gasteiger partial charge is 0.463 e. The normalized spacial score (nSPS) is 12.0. The van der Waals surface area contributed by atoms with Crippen LogP contribution in [-0.4, -0.2) is 157 Å². The molecule has 1 atom stereocenters. The van der Waals surface area contributed by atoms with Crippen LogP contribution in [0.25, 0.3) is 0 Å². The van der Waals surface area contributed by atoms with Crippen molar-refractivity contribution in [2.45, 2.75) is 136 Å². The maximum absolute atomic E-state index is 12.0. The second-order valence-corrected chi connectivity index (χ2v) is 14.8. The van der Waals surface area contributed by atoms with E-state index in [1.165, 1.54) is 70.6 Å². The third-order valence-electron chi connectivity index (χ3n) is 9.53. The molecular formula is C46H90O14. The highest BCUT2D eigenvalue weighted by Crippen LogP contribution is 2.15. The maximum atomic E-state index is 12.0. The van der Waals surface area contributed by atoms with E-state index in [0.29, 0.717) is 139 Å². The molecule has 0 aromatic carbocycles. The lowest BCUT2D eigenvalue weighted by Crippen LogP contribution is -2.20. The number of unbranched alkanes of at least 4 members (excludes halogenated alkanes) is 13. The van der Waals surface area contributed by atoms with Gasteiger partial charge in [-0.25, -0.2) is 0 Å². The van der Waals surface area contributed by atoms with E-state index in [1.54, 1.807) is 0 Å². The lowest BCUT2D eigenvalue weighted by Gasteiger charge is -2.13. The van der Waals surface area contributed by atoms with Crippen molar-refractivity contribution in [1.29, 1.82) is 0 Å². The lowest BCUT2D eigenvalue weighted by molar-refractivity contribution is -0.150. The van der Waals surface area contributed by atoms with Crippen molar-refractivity contribution in [2.24, 2.45) is 5.92 Å². The second kappa shape index (κ2) is 51.9. The fourth-order valence-electron chi connectivity index (χ4n) is 5.91. The van der Waals surface area contributed by atoms with Crippen LogP contribution in [0.3, 0.4) is 0 Å². The first-order valence-electron chi connectivity index (χ1n) is 23.7. The van der Waals surface area contributed by atoms with E-state index in [4.69, 9.17) is 56.8 Å². The smallest absolute Gasteiger partial charge is 0.308 e. The summed E-state index contributed by atoms with van der Waals surface area (Å²) in [7, 11) is 0. The van der Waals surface area contributed by atoms with E-state index in [9.17, 15) is 9.59 Å². The molecule has 0 N–H and O–H groups in total. The van der Waals surface area contributed by atoms with Crippen molar-refractivity contribution in [2.75, 3.05) is 145 Å². The number of carbonyl (C=O) groups excluding carboxylic acids is 2. The molecule has 0 saturated carbocycles. The third kappa shape index (κ3) is 47.6. The SMILES string of the molecule is CCCCCCCCCCCCCCCC(=O)OCCOCCOCCOCCOCCOCCOCCOCCOCCOCCOCCOC(=O)C(CC)CCCC. The highest BCUT2D eigenvalue weighted by atomic mass is 16.6. The van der Waals surface area contributed by atoms with Gasteiger partial charge in [0.1, 0.15) is 13.2 Å². The summed E-state index contributed by atoms with van der Waals surface area (Å²) >= 11 is 0. The molecule has 0 amide bonds. The molecule has 1 unspecified atom stereocenters. The number of carbonyl (C=O) groups is 2. The van der Waals surface area contributed by atoms with Gasteiger partial charge in [-0.05, 0) is 19.3 Å². The molecule has 0 heterocycles. The van der Waals surface area contributed by atoms with Crippen molar-refractivity contribution in [3.8, 4) is 0 Å². The standard InChI is InChI=1S/C46H90O14/c1-4-7-9-10-11-12-13-14-15-16-17-18-19-21-45(47)59-42-40-57-38-36-55-34-32-53-30-28-51-26-24-49-22-23-50-25-27-52-29-31-54-33-35-56-37-39-58-41-43-60-46(48)44(6-3)20-8-5-2/h44H,4-43H2,1-3H3. The van der Waals surface area contributed by atoms with Crippen LogP contribution in [0.1, 0.15) is 136 Å². The number of esters is 2. The molecular weight excluding hydrogens is 776 g/mol. The molecule has 0 bridgehead atoms. The molecule has 0 spiro atoms. The molecule has 0 aliphatic heterocycles. The number of rotatable bonds is 52. The van der Waals surface area contributed by atoms with Crippen LogP contribution in [0.4, 0.5) is 0 Å². The van der Waals surface area contributed by atoms with Crippen LogP contribution in [0, 0.1) is 5.92 Å². The maximum Gasteiger partial charge on any atom is 0.308 e. The van der Waals surface area contributed by atoms with Crippen molar-refractivity contribution in [3.05, 3.63) is 0 Å². The monoisotopic (exact) mass is 867 g/mol. The summed E-state index contributed by atoms with van der Waals surface area (Å²) < 4.78 is 65.5. The first-order chi connectivity index (χ1) is 29.7. The van der Waals surface area contributed by atoms with E-state index in [0.717, 1.165) is 38.5 Å². The van der Waals surface area contributed by atoms with Gasteiger partial charge >= 0.3 is 11.9 Å². The number of ether oxygens (including phenoxy) is 12. The van der Waals surface area contributed by atoms with Crippen molar-refractivity contribution in [1.82, 2.24) is 0 Å². The van der Waals surface area contributed by atoms with Gasteiger partial charge in [0.15, 0.2) is 0 Å². The average Bonchev–Trinajstić information content (AvgIpc) is 3.25. The van der Waals surface area contributed by atoms with E-state index < -0.39 is 0 Å². The minimum Gasteiger partial charge on any atom is -0.463 e. The molecule has 0 aromatic rings. The van der Waals surface area contributed by atoms with Gasteiger partial charge in [0.05, 0.1) is 138 Å². The summed E-state index contributed by atoms with van der Waals surface area (Å²) in [5, 5.41) is 0. The Labute approximate surface area is 365 Å². The number of hydrogen-bond donors (Lipinski definition) is 0. The second-order valence-electron chi connectivity index (χ2n) is 14.8. The minimum absolute atomic E-state index is 0.00729. The van der Waals surface area contributed by atoms with Crippen LogP contribution in [0.5, 0.6) is 0 Å². The van der Waals surface area contributed by atoms with Crippen LogP contribution in [-0.2, 0) is 66.4 Å². The predicted molar refractivity (Wildman–Crippen MR) is 234 cm³/mol. The summed E-state index contributed by atoms with van der Waals surface area (Å²) in [6.07, 6.45) is 21.1. The van der Waals surface area contributed by atoms with Crippen LogP contribution >= 0.6 is 0 Å². The van der Waals surface area contributed by atoms with Gasteiger partial charge in [-0.3, -0.25) is 9.59 Å². The molecule has 358 valence electrons. The van der Waals surface area contributed by atoms with Gasteiger partial charge in [-0.2, -0.15) is 0 Å². The van der Waals surface area contributed by atoms with E-state index in [2.05, 4.69) is 13.8 Å². The quantitative estimate of drug-likeness (QED) is 0.0431. The molecule has 0 fully saturated rings. The summed E-state index contributed by atoms with van der Waals surface area (Å²) in [5.41, 5.74) is 0. The molecule has 0 saturated heterocycles. The van der Waals surface area contributed by atoms with E-state index in [-0.39, 0.29) is 31.1 Å². The Morgan fingerprint density at radius 3 is 0.883 bits per heavy atom. The van der Waals surface area contributed by atoms with Gasteiger partial charge < -0.3 is 56.8 Å². The summed E-state index contributed by atoms with van der Waals surface area (Å²) in [4.78, 5) is 23.9. The fourth-order valence-corrected chi connectivity index (χ4v) is 5.91. The fraction of sp³-hybridized carbons (Fsp3) is 0.957. The number of hydrogen-bond acceptors (Lipinski definition) is 14. The first kappa shape index (κ1) is 58.5. The molecule has 14 heteroatoms. The lowest BCUT2D eigenvalue weighted by atomic mass is 10.00. The van der Waals surface area contributed by atoms with Gasteiger partial charge in [0.2, 0.25) is 0 Å². The molecule has 0 aliphatic rings. The first-order valence-corrected chi connectivity index (χ1v) is 23.7. The van der Waals surface area contributed by atoms with E-state index in [1.807, 2.05) is 6.92 Å². The summed E-state index contributed by atoms with van der Waals surface area (Å²) in [5.74, 6) is -0.264. The topological polar surface area (TPSA) is 145 Å². The Hall–Kier alpha value is -1.46. The van der Waals surface area contributed by atoms with E-state index >= 15 is 0 Å². The van der Waals surface area contributed by atoms with Gasteiger partial charge in [0, 0.05) is 6.42 Å². The minimum atomic E-state index is -0.135. The molecule has 60 heavy (non-hydrogen) atoms. The Bertz CT molecular complexity index is 852. The molecule has 0 rings (SSSR count). The van der Waals surface area contributed by atoms with Crippen LogP contribution in [0.2, 0.25) is 0 Å². The Morgan fingerprint density at radius 2 is 0.583 bits per heavy atom. The Morgan fingerprint density at radius 1 is 0.317 bits per heavy atom. The Kier molecular flexibility index (Phi) is 50.6. The zero-order chi connectivity index (χ0) is 43.5. The molecule has 0 aliphatic carbocycles. The molecule has 14 nitrogen and oxygen atoms in total. The predicted octanol–water partition coefficient (Wildman–Crippen LogP) is 7.94. The van der Waals surface area contributed by atoms with Crippen LogP contribution in [0.15, 0.2) is 0 Å². The van der Waals surface area contributed by atoms with Gasteiger partial charge in [0.25, 0.3) is 0 Å². The van der Waals surface area contributed by atoms with Crippen molar-refractivity contribution < 1.29 is 66.4 Å². The highest BCUT2D eigenvalue weighted by molar-refractivity contribution is 5.72. The van der Waals surface area contributed by atoms with Crippen molar-refractivity contribution >= 4 is 11.9 Å². The zero-order valence-electron chi connectivity index (χ0n) is 38.6. The van der Waals surface area contributed by atoms with Gasteiger partial charge in [-0.1, -0.05) is 111 Å². The summed E-state index contributed by atoms with van der Waals surface area (Å²) in [6, 6.07) is 0.